The summed E-state index contributed by atoms with van der Waals surface area (Å²) >= 11 is 0. The van der Waals surface area contributed by atoms with Crippen molar-refractivity contribution in [3.8, 4) is 5.75 Å². The van der Waals surface area contributed by atoms with Crippen LogP contribution in [0.5, 0.6) is 5.75 Å². The molecule has 1 rings (SSSR count). The van der Waals surface area contributed by atoms with E-state index < -0.39 is 25.8 Å². The summed E-state index contributed by atoms with van der Waals surface area (Å²) in [5.74, 6) is 0.478. The van der Waals surface area contributed by atoms with Gasteiger partial charge in [0.2, 0.25) is 0 Å². The van der Waals surface area contributed by atoms with E-state index in [-0.39, 0.29) is 0 Å². The highest BCUT2D eigenvalue weighted by Crippen LogP contribution is 2.53. The van der Waals surface area contributed by atoms with Crippen LogP contribution >= 0.6 is 25.8 Å². The van der Waals surface area contributed by atoms with Crippen LogP contribution in [0.1, 0.15) is 56.2 Å². The number of aryl methyl sites for hydroxylation is 3. The minimum atomic E-state index is -2.73. The fourth-order valence-corrected chi connectivity index (χ4v) is 3.52. The molecule has 0 heterocycles. The molecular formula is C15H29O8P3. The Kier molecular flexibility index (Phi) is 15.0. The minimum Gasteiger partial charge on any atom is -0.508 e. The van der Waals surface area contributed by atoms with Gasteiger partial charge >= 0.3 is 25.8 Å². The van der Waals surface area contributed by atoms with E-state index in [0.29, 0.717) is 5.75 Å². The van der Waals surface area contributed by atoms with Crippen molar-refractivity contribution in [3.63, 3.8) is 0 Å². The number of hydrogen-bond acceptors (Lipinski definition) is 8. The van der Waals surface area contributed by atoms with Gasteiger partial charge in [0.05, 0.1) is 0 Å². The maximum Gasteiger partial charge on any atom is 0.344 e. The number of rotatable bonds is 10. The van der Waals surface area contributed by atoms with Gasteiger partial charge < -0.3 is 29.6 Å². The van der Waals surface area contributed by atoms with Gasteiger partial charge in [-0.05, 0) is 55.4 Å². The van der Waals surface area contributed by atoms with E-state index in [2.05, 4.69) is 35.5 Å². The van der Waals surface area contributed by atoms with Gasteiger partial charge in [0.1, 0.15) is 5.75 Å². The molecule has 0 radical (unpaired) electrons. The first-order chi connectivity index (χ1) is 12.2. The Morgan fingerprint density at radius 3 is 1.69 bits per heavy atom. The fraction of sp³-hybridized carbons (Fsp3) is 0.600. The topological polar surface area (TPSA) is 140 Å². The lowest BCUT2D eigenvalue weighted by molar-refractivity contribution is 0.305. The van der Waals surface area contributed by atoms with Crippen molar-refractivity contribution < 1.29 is 38.2 Å². The number of hydrogen-bond donors (Lipinski definition) is 6. The molecule has 0 saturated heterocycles. The van der Waals surface area contributed by atoms with E-state index in [0.717, 1.165) is 24.8 Å². The van der Waals surface area contributed by atoms with Gasteiger partial charge in [-0.15, -0.1) is 0 Å². The molecule has 0 unspecified atom stereocenters. The summed E-state index contributed by atoms with van der Waals surface area (Å²) in [5, 5.41) is 9.87. The molecule has 152 valence electrons. The van der Waals surface area contributed by atoms with Crippen LogP contribution in [0, 0.1) is 6.92 Å². The monoisotopic (exact) mass is 430 g/mol. The Morgan fingerprint density at radius 2 is 1.27 bits per heavy atom. The molecular weight excluding hydrogens is 401 g/mol. The van der Waals surface area contributed by atoms with Crippen LogP contribution < -0.4 is 0 Å². The summed E-state index contributed by atoms with van der Waals surface area (Å²) in [6.07, 6.45) is 6.94. The van der Waals surface area contributed by atoms with E-state index in [1.54, 1.807) is 0 Å². The molecule has 0 aliphatic heterocycles. The SMILES string of the molecule is CCCCc1cc(CCCC)c(O)cc1C.OP(O)OP(O)OP(O)O. The van der Waals surface area contributed by atoms with Gasteiger partial charge in [0.15, 0.2) is 0 Å². The molecule has 0 aliphatic carbocycles. The molecule has 0 aliphatic rings. The number of phenolic OH excluding ortho intramolecular Hbond substituents is 1. The molecule has 0 atom stereocenters. The van der Waals surface area contributed by atoms with Crippen molar-refractivity contribution >= 4 is 25.8 Å². The van der Waals surface area contributed by atoms with Crippen molar-refractivity contribution in [3.05, 3.63) is 28.8 Å². The fourth-order valence-electron chi connectivity index (χ4n) is 2.13. The first-order valence-electron chi connectivity index (χ1n) is 8.23. The molecule has 6 N–H and O–H groups in total. The molecule has 11 heteroatoms. The third-order valence-corrected chi connectivity index (χ3v) is 5.71. The normalized spacial score (nSPS) is 11.2. The van der Waals surface area contributed by atoms with E-state index in [1.807, 2.05) is 6.07 Å². The highest BCUT2D eigenvalue weighted by molar-refractivity contribution is 7.59. The van der Waals surface area contributed by atoms with Crippen molar-refractivity contribution in [1.29, 1.82) is 0 Å². The number of unbranched alkanes of at least 4 members (excludes halogenated alkanes) is 2. The highest BCUT2D eigenvalue weighted by atomic mass is 31.3. The Bertz CT molecular complexity index is 463. The molecule has 8 nitrogen and oxygen atoms in total. The van der Waals surface area contributed by atoms with Gasteiger partial charge in [-0.2, -0.15) is 0 Å². The average molecular weight is 430 g/mol. The molecule has 0 saturated carbocycles. The summed E-state index contributed by atoms with van der Waals surface area (Å²) in [6.45, 7) is 6.49. The minimum absolute atomic E-state index is 0.478. The zero-order valence-electron chi connectivity index (χ0n) is 15.2. The van der Waals surface area contributed by atoms with Crippen LogP contribution in [0.25, 0.3) is 0 Å². The molecule has 0 spiro atoms. The van der Waals surface area contributed by atoms with Crippen LogP contribution in [0.15, 0.2) is 12.1 Å². The second-order valence-corrected chi connectivity index (χ2v) is 8.31. The lowest BCUT2D eigenvalue weighted by Crippen LogP contribution is -1.94. The number of aromatic hydroxyl groups is 1. The lowest BCUT2D eigenvalue weighted by Gasteiger charge is -2.10. The maximum atomic E-state index is 9.87. The Hall–Kier alpha value is 0.0300. The Balaban J connectivity index is 0.000000541. The van der Waals surface area contributed by atoms with Crippen LogP contribution in [-0.4, -0.2) is 29.6 Å². The summed E-state index contributed by atoms with van der Waals surface area (Å²) in [4.78, 5) is 40.6. The molecule has 26 heavy (non-hydrogen) atoms. The quantitative estimate of drug-likeness (QED) is 0.306. The average Bonchev–Trinajstić information content (AvgIpc) is 2.52. The van der Waals surface area contributed by atoms with E-state index in [9.17, 15) is 5.11 Å². The Labute approximate surface area is 158 Å². The van der Waals surface area contributed by atoms with E-state index >= 15 is 0 Å². The van der Waals surface area contributed by atoms with Crippen LogP contribution in [-0.2, 0) is 21.5 Å². The first kappa shape index (κ1) is 26.0. The van der Waals surface area contributed by atoms with E-state index in [4.69, 9.17) is 24.5 Å². The molecule has 0 bridgehead atoms. The van der Waals surface area contributed by atoms with Crippen LogP contribution in [0.4, 0.5) is 0 Å². The van der Waals surface area contributed by atoms with Gasteiger partial charge in [-0.3, -0.25) is 0 Å². The molecule has 1 aromatic rings. The maximum absolute atomic E-state index is 9.87. The van der Waals surface area contributed by atoms with E-state index in [1.165, 1.54) is 30.4 Å². The first-order valence-corrected chi connectivity index (χ1v) is 11.7. The molecule has 1 aromatic carbocycles. The van der Waals surface area contributed by atoms with Gasteiger partial charge in [-0.1, -0.05) is 32.8 Å². The molecule has 0 fully saturated rings. The van der Waals surface area contributed by atoms with Crippen molar-refractivity contribution in [2.75, 3.05) is 0 Å². The molecule has 0 amide bonds. The largest absolute Gasteiger partial charge is 0.508 e. The second-order valence-electron chi connectivity index (χ2n) is 5.52. The summed E-state index contributed by atoms with van der Waals surface area (Å²) in [7, 11) is -8.06. The zero-order valence-corrected chi connectivity index (χ0v) is 17.9. The Morgan fingerprint density at radius 1 is 0.808 bits per heavy atom. The third kappa shape index (κ3) is 12.4. The standard InChI is InChI=1S/C15H24O.H5O7P3/c1-4-6-8-13-11-14(9-7-5-2)15(16)10-12(13)3;1-8(2)6-10(5)7-9(3)4/h10-11,16H,4-9H2,1-3H3;1-5H. The van der Waals surface area contributed by atoms with Crippen LogP contribution in [0.3, 0.4) is 0 Å². The predicted molar refractivity (Wildman–Crippen MR) is 104 cm³/mol. The third-order valence-electron chi connectivity index (χ3n) is 3.42. The van der Waals surface area contributed by atoms with Crippen LogP contribution in [0.2, 0.25) is 0 Å². The summed E-state index contributed by atoms with van der Waals surface area (Å²) in [6, 6.07) is 4.13. The predicted octanol–water partition coefficient (Wildman–Crippen LogP) is 4.05. The lowest BCUT2D eigenvalue weighted by atomic mass is 9.97. The van der Waals surface area contributed by atoms with Gasteiger partial charge in [0, 0.05) is 0 Å². The summed E-state index contributed by atoms with van der Waals surface area (Å²) in [5.41, 5.74) is 3.76. The van der Waals surface area contributed by atoms with Crippen molar-refractivity contribution in [1.82, 2.24) is 0 Å². The smallest absolute Gasteiger partial charge is 0.344 e. The van der Waals surface area contributed by atoms with Gasteiger partial charge in [-0.25, -0.2) is 8.62 Å². The summed E-state index contributed by atoms with van der Waals surface area (Å²) < 4.78 is 7.66. The van der Waals surface area contributed by atoms with Gasteiger partial charge in [0.25, 0.3) is 0 Å². The van der Waals surface area contributed by atoms with Crippen molar-refractivity contribution in [2.24, 2.45) is 0 Å². The highest BCUT2D eigenvalue weighted by Gasteiger charge is 2.16. The van der Waals surface area contributed by atoms with Crippen molar-refractivity contribution in [2.45, 2.75) is 59.3 Å². The molecule has 0 aromatic heterocycles. The number of benzene rings is 1. The second kappa shape index (κ2) is 15.0. The number of phenols is 1. The zero-order chi connectivity index (χ0) is 20.1.